The Labute approximate surface area is 212 Å². The number of aryl methyl sites for hydroxylation is 1. The third-order valence-corrected chi connectivity index (χ3v) is 13.4. The van der Waals surface area contributed by atoms with Crippen LogP contribution in [0.4, 0.5) is 0 Å². The van der Waals surface area contributed by atoms with Crippen LogP contribution in [0.2, 0.25) is 0 Å². The number of nitriles is 1. The van der Waals surface area contributed by atoms with E-state index in [1.165, 1.54) is 26.7 Å². The van der Waals surface area contributed by atoms with E-state index in [0.717, 1.165) is 12.1 Å². The van der Waals surface area contributed by atoms with E-state index < -0.39 is 6.60 Å². The zero-order chi connectivity index (χ0) is 22.9. The van der Waals surface area contributed by atoms with Crippen molar-refractivity contribution in [2.24, 2.45) is 0 Å². The van der Waals surface area contributed by atoms with E-state index in [1.54, 1.807) is 0 Å². The predicted octanol–water partition coefficient (Wildman–Crippen LogP) is 5.90. The Bertz CT molecular complexity index is 1370. The van der Waals surface area contributed by atoms with Gasteiger partial charge in [0.25, 0.3) is 0 Å². The number of halogens is 1. The Kier molecular flexibility index (Phi) is 6.50. The van der Waals surface area contributed by atoms with E-state index in [-0.39, 0.29) is 17.0 Å². The molecule has 34 heavy (non-hydrogen) atoms. The van der Waals surface area contributed by atoms with Crippen molar-refractivity contribution in [3.8, 4) is 6.07 Å². The summed E-state index contributed by atoms with van der Waals surface area (Å²) in [5.74, 6) is 0. The molecule has 2 nitrogen and oxygen atoms in total. The molecule has 0 amide bonds. The van der Waals surface area contributed by atoms with Crippen LogP contribution in [0, 0.1) is 11.3 Å². The van der Waals surface area contributed by atoms with Crippen LogP contribution in [-0.4, -0.2) is 11.2 Å². The summed E-state index contributed by atoms with van der Waals surface area (Å²) in [5, 5.41) is 14.7. The fourth-order valence-corrected chi connectivity index (χ4v) is 11.1. The summed E-state index contributed by atoms with van der Waals surface area (Å²) in [6.45, 7) is 2.38. The summed E-state index contributed by atoms with van der Waals surface area (Å²) >= 11 is 0. The molecule has 1 heterocycles. The molecule has 0 unspecified atom stereocenters. The van der Waals surface area contributed by atoms with E-state index in [1.807, 2.05) is 12.1 Å². The molecule has 0 fully saturated rings. The van der Waals surface area contributed by atoms with Crippen LogP contribution < -0.4 is 21.3 Å². The van der Waals surface area contributed by atoms with Gasteiger partial charge in [-0.25, -0.2) is 0 Å². The summed E-state index contributed by atoms with van der Waals surface area (Å²) in [5.41, 5.74) is 3.12. The summed E-state index contributed by atoms with van der Waals surface area (Å²) in [7, 11) is 0. The molecule has 4 aromatic carbocycles. The minimum absolute atomic E-state index is 0. The normalized spacial score (nSPS) is 12.3. The van der Waals surface area contributed by atoms with Crippen molar-refractivity contribution < 1.29 is 0 Å². The molecule has 1 aromatic heterocycles. The minimum atomic E-state index is -3.12. The molecule has 0 saturated heterocycles. The third-order valence-electron chi connectivity index (χ3n) is 7.11. The van der Waals surface area contributed by atoms with Crippen molar-refractivity contribution in [3.63, 3.8) is 0 Å². The van der Waals surface area contributed by atoms with E-state index in [9.17, 15) is 5.26 Å². The average Bonchev–Trinajstić information content (AvgIpc) is 3.28. The Balaban J connectivity index is 0.00000274. The van der Waals surface area contributed by atoms with Crippen LogP contribution in [0.25, 0.3) is 10.9 Å². The first-order valence-electron chi connectivity index (χ1n) is 11.3. The Morgan fingerprint density at radius 3 is 1.59 bits per heavy atom. The Morgan fingerprint density at radius 1 is 0.706 bits per heavy atom. The number of hydrogen-bond donors (Lipinski definition) is 0. The molecular formula is C30H28BrN2P. The van der Waals surface area contributed by atoms with Crippen molar-refractivity contribution in [1.82, 2.24) is 4.57 Å². The van der Waals surface area contributed by atoms with E-state index in [2.05, 4.69) is 127 Å². The van der Waals surface area contributed by atoms with Crippen molar-refractivity contribution in [2.75, 3.05) is 6.66 Å². The molecule has 0 radical (unpaired) electrons. The van der Waals surface area contributed by atoms with Crippen molar-refractivity contribution in [3.05, 3.63) is 121 Å². The van der Waals surface area contributed by atoms with Crippen LogP contribution in [-0.2, 0) is 6.54 Å². The molecule has 5 rings (SSSR count). The van der Waals surface area contributed by atoms with Crippen molar-refractivity contribution in [1.29, 1.82) is 5.26 Å². The number of rotatable bonds is 5. The SMILES string of the molecule is Br.CCn1c(P(C)(c2ccccc2)(c2ccccc2)c2ccccc2)cc2ccc(C#N)cc21. The Morgan fingerprint density at radius 2 is 1.18 bits per heavy atom. The first-order valence-corrected chi connectivity index (χ1v) is 14.0. The molecule has 0 spiro atoms. The third kappa shape index (κ3) is 3.33. The first-order chi connectivity index (χ1) is 16.1. The quantitative estimate of drug-likeness (QED) is 0.262. The van der Waals surface area contributed by atoms with Gasteiger partial charge in [-0.1, -0.05) is 0 Å². The van der Waals surface area contributed by atoms with Gasteiger partial charge in [0.05, 0.1) is 0 Å². The van der Waals surface area contributed by atoms with Crippen LogP contribution >= 0.6 is 23.6 Å². The standard InChI is InChI=1S/C30H27N2P.BrH/c1-3-32-29-21-24(23-31)19-20-25(29)22-30(32)33(2,26-13-7-4-8-14-26,27-15-9-5-10-16-27)28-17-11-6-12-18-28;/h4-22H,3H2,1-2H3;1H. The molecule has 0 aliphatic heterocycles. The van der Waals surface area contributed by atoms with Gasteiger partial charge >= 0.3 is 196 Å². The van der Waals surface area contributed by atoms with Gasteiger partial charge in [0.1, 0.15) is 0 Å². The Hall–Kier alpha value is -3.18. The van der Waals surface area contributed by atoms with Gasteiger partial charge in [0, 0.05) is 0 Å². The second-order valence-electron chi connectivity index (χ2n) is 8.70. The van der Waals surface area contributed by atoms with E-state index in [4.69, 9.17) is 0 Å². The van der Waals surface area contributed by atoms with Crippen LogP contribution in [0.1, 0.15) is 12.5 Å². The van der Waals surface area contributed by atoms with Gasteiger partial charge in [-0.2, -0.15) is 0 Å². The van der Waals surface area contributed by atoms with Crippen molar-refractivity contribution >= 4 is 55.8 Å². The molecule has 0 atom stereocenters. The van der Waals surface area contributed by atoms with Gasteiger partial charge in [-0.15, -0.1) is 17.0 Å². The summed E-state index contributed by atoms with van der Waals surface area (Å²) < 4.78 is 2.43. The van der Waals surface area contributed by atoms with Gasteiger partial charge in [-0.05, 0) is 0 Å². The maximum atomic E-state index is 9.56. The monoisotopic (exact) mass is 526 g/mol. The topological polar surface area (TPSA) is 28.7 Å². The summed E-state index contributed by atoms with van der Waals surface area (Å²) in [6, 6.07) is 43.6. The zero-order valence-electron chi connectivity index (χ0n) is 19.4. The number of benzene rings is 4. The molecule has 0 aliphatic carbocycles. The fraction of sp³-hybridized carbons (Fsp3) is 0.100. The fourth-order valence-electron chi connectivity index (χ4n) is 5.35. The molecule has 0 N–H and O–H groups in total. The average molecular weight is 527 g/mol. The molecule has 5 aromatic rings. The zero-order valence-corrected chi connectivity index (χ0v) is 22.0. The first kappa shape index (κ1) is 24.0. The number of hydrogen-bond acceptors (Lipinski definition) is 1. The van der Waals surface area contributed by atoms with Gasteiger partial charge in [0.2, 0.25) is 0 Å². The van der Waals surface area contributed by atoms with Crippen molar-refractivity contribution in [2.45, 2.75) is 13.5 Å². The van der Waals surface area contributed by atoms with Crippen LogP contribution in [0.3, 0.4) is 0 Å². The van der Waals surface area contributed by atoms with Gasteiger partial charge < -0.3 is 0 Å². The van der Waals surface area contributed by atoms with Gasteiger partial charge in [0.15, 0.2) is 0 Å². The summed E-state index contributed by atoms with van der Waals surface area (Å²) in [6.07, 6.45) is 0. The molecule has 4 heteroatoms. The number of aromatic nitrogens is 1. The molecular weight excluding hydrogens is 499 g/mol. The second kappa shape index (κ2) is 9.22. The number of nitrogens with zero attached hydrogens (tertiary/aromatic N) is 2. The summed E-state index contributed by atoms with van der Waals surface area (Å²) in [4.78, 5) is 0. The molecule has 0 aliphatic rings. The van der Waals surface area contributed by atoms with Crippen LogP contribution in [0.5, 0.6) is 0 Å². The maximum absolute atomic E-state index is 9.56. The second-order valence-corrected chi connectivity index (χ2v) is 13.8. The molecule has 0 saturated carbocycles. The van der Waals surface area contributed by atoms with Gasteiger partial charge in [-0.3, -0.25) is 0 Å². The molecule has 170 valence electrons. The van der Waals surface area contributed by atoms with Crippen LogP contribution in [0.15, 0.2) is 115 Å². The molecule has 0 bridgehead atoms. The van der Waals surface area contributed by atoms with E-state index >= 15 is 0 Å². The predicted molar refractivity (Wildman–Crippen MR) is 153 cm³/mol. The van der Waals surface area contributed by atoms with E-state index in [0.29, 0.717) is 5.56 Å². The number of fused-ring (bicyclic) bond motifs is 1.